The van der Waals surface area contributed by atoms with Crippen molar-refractivity contribution in [3.8, 4) is 0 Å². The maximum absolute atomic E-state index is 3.10. The molecule has 1 rings (SSSR count). The molecule has 56 valence electrons. The van der Waals surface area contributed by atoms with Crippen molar-refractivity contribution in [2.24, 2.45) is 0 Å². The molecule has 0 bridgehead atoms. The summed E-state index contributed by atoms with van der Waals surface area (Å²) in [6.07, 6.45) is 0. The molecule has 2 heteroatoms. The molecular formula is C8H12ClN. The molecule has 0 aliphatic heterocycles. The maximum Gasteiger partial charge on any atom is 0.0367 e. The molecule has 10 heavy (non-hydrogen) atoms. The molecule has 0 radical (unpaired) electrons. The Morgan fingerprint density at radius 3 is 2.20 bits per heavy atom. The molecule has 1 aromatic rings. The lowest BCUT2D eigenvalue weighted by molar-refractivity contribution is 1.41. The van der Waals surface area contributed by atoms with Crippen molar-refractivity contribution in [1.29, 1.82) is 0 Å². The molecule has 0 amide bonds. The van der Waals surface area contributed by atoms with Gasteiger partial charge in [0.05, 0.1) is 0 Å². The molecule has 0 spiro atoms. The van der Waals surface area contributed by atoms with E-state index in [4.69, 9.17) is 0 Å². The molecule has 0 atom stereocenters. The summed E-state index contributed by atoms with van der Waals surface area (Å²) in [4.78, 5) is 0. The second kappa shape index (κ2) is 4.18. The maximum atomic E-state index is 3.10. The van der Waals surface area contributed by atoms with E-state index in [1.807, 2.05) is 19.2 Å². The number of hydrogen-bond acceptors (Lipinski definition) is 1. The van der Waals surface area contributed by atoms with Gasteiger partial charge in [-0.15, -0.1) is 12.4 Å². The molecule has 1 N–H and O–H groups in total. The van der Waals surface area contributed by atoms with Crippen LogP contribution in [0.15, 0.2) is 24.3 Å². The number of anilines is 1. The number of halogens is 1. The van der Waals surface area contributed by atoms with E-state index in [0.29, 0.717) is 0 Å². The van der Waals surface area contributed by atoms with E-state index in [9.17, 15) is 0 Å². The van der Waals surface area contributed by atoms with Crippen LogP contribution in [0.2, 0.25) is 0 Å². The van der Waals surface area contributed by atoms with Crippen molar-refractivity contribution in [2.75, 3.05) is 12.4 Å². The Bertz CT molecular complexity index is 198. The number of rotatable bonds is 1. The van der Waals surface area contributed by atoms with Crippen LogP contribution >= 0.6 is 12.4 Å². The van der Waals surface area contributed by atoms with E-state index < -0.39 is 0 Å². The Kier molecular flexibility index (Phi) is 3.89. The van der Waals surface area contributed by atoms with Gasteiger partial charge in [-0.25, -0.2) is 0 Å². The van der Waals surface area contributed by atoms with Crippen LogP contribution in [0.4, 0.5) is 5.69 Å². The van der Waals surface area contributed by atoms with Crippen LogP contribution in [0.25, 0.3) is 0 Å². The summed E-state index contributed by atoms with van der Waals surface area (Å²) < 4.78 is 0. The molecule has 1 nitrogen and oxygen atoms in total. The Hall–Kier alpha value is -0.690. The average molecular weight is 158 g/mol. The molecule has 0 heterocycles. The van der Waals surface area contributed by atoms with Crippen LogP contribution in [0.1, 0.15) is 5.56 Å². The van der Waals surface area contributed by atoms with Crippen LogP contribution in [-0.4, -0.2) is 7.05 Å². The third-order valence-corrected chi connectivity index (χ3v) is 1.41. The molecule has 0 saturated carbocycles. The quantitative estimate of drug-likeness (QED) is 0.661. The van der Waals surface area contributed by atoms with Crippen molar-refractivity contribution in [1.82, 2.24) is 0 Å². The molecule has 0 aromatic heterocycles. The van der Waals surface area contributed by atoms with Crippen LogP contribution < -0.4 is 5.32 Å². The minimum Gasteiger partial charge on any atom is -0.388 e. The first-order valence-corrected chi connectivity index (χ1v) is 3.08. The van der Waals surface area contributed by atoms with E-state index in [1.54, 1.807) is 0 Å². The number of aryl methyl sites for hydroxylation is 1. The lowest BCUT2D eigenvalue weighted by Gasteiger charge is -2.01. The van der Waals surface area contributed by atoms with Crippen molar-refractivity contribution < 1.29 is 0 Å². The lowest BCUT2D eigenvalue weighted by Crippen LogP contribution is -1.89. The van der Waals surface area contributed by atoms with Gasteiger partial charge in [0, 0.05) is 12.7 Å². The SMILES string of the molecule is CNc1ccccc1C.Cl. The molecule has 0 fully saturated rings. The van der Waals surface area contributed by atoms with Crippen LogP contribution in [0.3, 0.4) is 0 Å². The van der Waals surface area contributed by atoms with Gasteiger partial charge >= 0.3 is 0 Å². The number of nitrogens with one attached hydrogen (secondary N) is 1. The second-order valence-corrected chi connectivity index (χ2v) is 2.06. The largest absolute Gasteiger partial charge is 0.388 e. The first-order chi connectivity index (χ1) is 4.34. The Morgan fingerprint density at radius 1 is 1.20 bits per heavy atom. The Labute approximate surface area is 67.9 Å². The van der Waals surface area contributed by atoms with Gasteiger partial charge in [-0.1, -0.05) is 18.2 Å². The Morgan fingerprint density at radius 2 is 1.80 bits per heavy atom. The predicted octanol–water partition coefficient (Wildman–Crippen LogP) is 2.46. The van der Waals surface area contributed by atoms with Crippen molar-refractivity contribution >= 4 is 18.1 Å². The monoisotopic (exact) mass is 157 g/mol. The van der Waals surface area contributed by atoms with E-state index >= 15 is 0 Å². The lowest BCUT2D eigenvalue weighted by atomic mass is 10.2. The minimum absolute atomic E-state index is 0. The molecule has 0 aliphatic carbocycles. The van der Waals surface area contributed by atoms with Gasteiger partial charge in [0.25, 0.3) is 0 Å². The van der Waals surface area contributed by atoms with Gasteiger partial charge in [-0.3, -0.25) is 0 Å². The molecule has 0 aliphatic rings. The van der Waals surface area contributed by atoms with Gasteiger partial charge in [0.15, 0.2) is 0 Å². The number of para-hydroxylation sites is 1. The van der Waals surface area contributed by atoms with Gasteiger partial charge in [0.1, 0.15) is 0 Å². The minimum atomic E-state index is 0. The van der Waals surface area contributed by atoms with Gasteiger partial charge in [0.2, 0.25) is 0 Å². The summed E-state index contributed by atoms with van der Waals surface area (Å²) in [5.74, 6) is 0. The van der Waals surface area contributed by atoms with E-state index in [1.165, 1.54) is 11.3 Å². The van der Waals surface area contributed by atoms with Crippen LogP contribution in [-0.2, 0) is 0 Å². The third-order valence-electron chi connectivity index (χ3n) is 1.41. The molecular weight excluding hydrogens is 146 g/mol. The molecule has 0 unspecified atom stereocenters. The summed E-state index contributed by atoms with van der Waals surface area (Å²) in [5, 5.41) is 3.10. The third kappa shape index (κ3) is 1.92. The Balaban J connectivity index is 0.000000810. The highest BCUT2D eigenvalue weighted by Gasteiger charge is 1.88. The highest BCUT2D eigenvalue weighted by molar-refractivity contribution is 5.85. The standard InChI is InChI=1S/C8H11N.ClH/c1-7-5-3-4-6-8(7)9-2;/h3-6,9H,1-2H3;1H. The molecule has 1 aromatic carbocycles. The first kappa shape index (κ1) is 9.31. The summed E-state index contributed by atoms with van der Waals surface area (Å²) in [6.45, 7) is 2.09. The zero-order chi connectivity index (χ0) is 6.69. The summed E-state index contributed by atoms with van der Waals surface area (Å²) in [6, 6.07) is 8.22. The first-order valence-electron chi connectivity index (χ1n) is 3.08. The van der Waals surface area contributed by atoms with Crippen molar-refractivity contribution in [3.05, 3.63) is 29.8 Å². The van der Waals surface area contributed by atoms with Gasteiger partial charge in [-0.2, -0.15) is 0 Å². The number of hydrogen-bond donors (Lipinski definition) is 1. The number of benzene rings is 1. The fraction of sp³-hybridized carbons (Fsp3) is 0.250. The summed E-state index contributed by atoms with van der Waals surface area (Å²) >= 11 is 0. The van der Waals surface area contributed by atoms with Crippen molar-refractivity contribution in [2.45, 2.75) is 6.92 Å². The van der Waals surface area contributed by atoms with E-state index in [2.05, 4.69) is 24.4 Å². The summed E-state index contributed by atoms with van der Waals surface area (Å²) in [5.41, 5.74) is 2.50. The topological polar surface area (TPSA) is 12.0 Å². The zero-order valence-corrected chi connectivity index (χ0v) is 7.03. The normalized spacial score (nSPS) is 8.20. The molecule has 0 saturated heterocycles. The predicted molar refractivity (Wildman–Crippen MR) is 48.0 cm³/mol. The summed E-state index contributed by atoms with van der Waals surface area (Å²) in [7, 11) is 1.93. The second-order valence-electron chi connectivity index (χ2n) is 2.06. The average Bonchev–Trinajstić information content (AvgIpc) is 1.89. The zero-order valence-electron chi connectivity index (χ0n) is 6.22. The smallest absolute Gasteiger partial charge is 0.0367 e. The van der Waals surface area contributed by atoms with Crippen LogP contribution in [0.5, 0.6) is 0 Å². The fourth-order valence-corrected chi connectivity index (χ4v) is 0.853. The van der Waals surface area contributed by atoms with Crippen LogP contribution in [0, 0.1) is 6.92 Å². The highest BCUT2D eigenvalue weighted by Crippen LogP contribution is 2.10. The van der Waals surface area contributed by atoms with E-state index in [0.717, 1.165) is 0 Å². The van der Waals surface area contributed by atoms with Gasteiger partial charge < -0.3 is 5.32 Å². The highest BCUT2D eigenvalue weighted by atomic mass is 35.5. The van der Waals surface area contributed by atoms with E-state index in [-0.39, 0.29) is 12.4 Å². The van der Waals surface area contributed by atoms with Crippen molar-refractivity contribution in [3.63, 3.8) is 0 Å². The van der Waals surface area contributed by atoms with Gasteiger partial charge in [-0.05, 0) is 18.6 Å². The fourth-order valence-electron chi connectivity index (χ4n) is 0.853.